The molecule has 0 saturated carbocycles. The molecule has 1 aromatic heterocycles. The first-order valence-electron chi connectivity index (χ1n) is 4.42. The molecule has 0 aliphatic rings. The summed E-state index contributed by atoms with van der Waals surface area (Å²) in [6.45, 7) is 0. The summed E-state index contributed by atoms with van der Waals surface area (Å²) in [6.07, 6.45) is 0.645. The molecule has 1 aromatic carbocycles. The zero-order valence-electron chi connectivity index (χ0n) is 8.32. The topological polar surface area (TPSA) is 56.5 Å². The Morgan fingerprint density at radius 1 is 1.44 bits per heavy atom. The smallest absolute Gasteiger partial charge is 0.373 e. The van der Waals surface area contributed by atoms with Crippen LogP contribution in [0, 0.1) is 0 Å². The van der Waals surface area contributed by atoms with Crippen molar-refractivity contribution in [3.63, 3.8) is 0 Å². The average Bonchev–Trinajstić information content (AvgIpc) is 2.69. The maximum Gasteiger partial charge on any atom is 0.373 e. The molecule has 0 fully saturated rings. The van der Waals surface area contributed by atoms with Gasteiger partial charge in [-0.15, -0.1) is 0 Å². The summed E-state index contributed by atoms with van der Waals surface area (Å²) < 4.78 is 9.74. The first-order chi connectivity index (χ1) is 7.65. The minimum absolute atomic E-state index is 0.0802. The van der Waals surface area contributed by atoms with Crippen molar-refractivity contribution in [2.45, 2.75) is 0 Å². The normalized spacial score (nSPS) is 10.4. The van der Waals surface area contributed by atoms with Gasteiger partial charge in [0, 0.05) is 17.0 Å². The predicted octanol–water partition coefficient (Wildman–Crippen LogP) is 2.69. The molecule has 82 valence electrons. The number of hydrogen-bond acceptors (Lipinski definition) is 4. The Labute approximate surface area is 95.7 Å². The molecule has 2 aromatic rings. The zero-order chi connectivity index (χ0) is 11.7. The van der Waals surface area contributed by atoms with Crippen LogP contribution in [0.15, 0.2) is 22.6 Å². The SMILES string of the molecule is COC(=O)c1cc2cc(C=O)c(Cl)cc2o1. The van der Waals surface area contributed by atoms with Gasteiger partial charge in [-0.25, -0.2) is 4.79 Å². The van der Waals surface area contributed by atoms with Crippen molar-refractivity contribution in [1.29, 1.82) is 0 Å². The predicted molar refractivity (Wildman–Crippen MR) is 58.0 cm³/mol. The second kappa shape index (κ2) is 3.98. The van der Waals surface area contributed by atoms with Crippen LogP contribution in [0.1, 0.15) is 20.9 Å². The van der Waals surface area contributed by atoms with Crippen LogP contribution in [0.25, 0.3) is 11.0 Å². The van der Waals surface area contributed by atoms with Crippen LogP contribution >= 0.6 is 11.6 Å². The lowest BCUT2D eigenvalue weighted by molar-refractivity contribution is 0.0567. The van der Waals surface area contributed by atoms with Crippen molar-refractivity contribution in [3.05, 3.63) is 34.5 Å². The third kappa shape index (κ3) is 1.67. The molecule has 0 aliphatic carbocycles. The van der Waals surface area contributed by atoms with E-state index in [0.29, 0.717) is 22.8 Å². The molecule has 0 atom stereocenters. The molecule has 0 amide bonds. The van der Waals surface area contributed by atoms with Crippen molar-refractivity contribution in [3.8, 4) is 0 Å². The number of methoxy groups -OCH3 is 1. The third-order valence-corrected chi connectivity index (χ3v) is 2.48. The Hall–Kier alpha value is -1.81. The molecule has 0 bridgehead atoms. The summed E-state index contributed by atoms with van der Waals surface area (Å²) in [5, 5.41) is 0.917. The molecular formula is C11H7ClO4. The lowest BCUT2D eigenvalue weighted by atomic mass is 10.2. The van der Waals surface area contributed by atoms with E-state index in [0.717, 1.165) is 0 Å². The monoisotopic (exact) mass is 238 g/mol. The van der Waals surface area contributed by atoms with Gasteiger partial charge in [0.15, 0.2) is 6.29 Å². The Kier molecular flexibility index (Phi) is 2.66. The van der Waals surface area contributed by atoms with E-state index in [9.17, 15) is 9.59 Å². The second-order valence-corrected chi connectivity index (χ2v) is 3.54. The van der Waals surface area contributed by atoms with Gasteiger partial charge in [-0.1, -0.05) is 11.6 Å². The maximum atomic E-state index is 11.2. The average molecular weight is 239 g/mol. The lowest BCUT2D eigenvalue weighted by Gasteiger charge is -1.94. The quantitative estimate of drug-likeness (QED) is 0.596. The van der Waals surface area contributed by atoms with E-state index in [1.807, 2.05) is 0 Å². The van der Waals surface area contributed by atoms with Gasteiger partial charge in [0.25, 0.3) is 0 Å². The number of fused-ring (bicyclic) bond motifs is 1. The van der Waals surface area contributed by atoms with Crippen LogP contribution < -0.4 is 0 Å². The van der Waals surface area contributed by atoms with E-state index in [-0.39, 0.29) is 10.8 Å². The fourth-order valence-electron chi connectivity index (χ4n) is 1.37. The first kappa shape index (κ1) is 10.7. The molecule has 5 heteroatoms. The summed E-state index contributed by atoms with van der Waals surface area (Å²) in [7, 11) is 1.26. The number of carbonyl (C=O) groups is 2. The first-order valence-corrected chi connectivity index (χ1v) is 4.80. The van der Waals surface area contributed by atoms with Crippen molar-refractivity contribution in [2.75, 3.05) is 7.11 Å². The van der Waals surface area contributed by atoms with Crippen LogP contribution in [-0.2, 0) is 4.74 Å². The van der Waals surface area contributed by atoms with Gasteiger partial charge in [0.05, 0.1) is 12.1 Å². The molecule has 0 aliphatic heterocycles. The van der Waals surface area contributed by atoms with E-state index >= 15 is 0 Å². The largest absolute Gasteiger partial charge is 0.463 e. The highest BCUT2D eigenvalue weighted by Gasteiger charge is 2.13. The Balaban J connectivity index is 2.62. The number of carbonyl (C=O) groups excluding carboxylic acids is 2. The Morgan fingerprint density at radius 3 is 2.81 bits per heavy atom. The van der Waals surface area contributed by atoms with Gasteiger partial charge in [0.1, 0.15) is 5.58 Å². The minimum atomic E-state index is -0.569. The van der Waals surface area contributed by atoms with Crippen LogP contribution in [0.3, 0.4) is 0 Å². The molecular weight excluding hydrogens is 232 g/mol. The molecule has 4 nitrogen and oxygen atoms in total. The molecule has 0 radical (unpaired) electrons. The van der Waals surface area contributed by atoms with E-state index in [1.165, 1.54) is 19.2 Å². The number of furan rings is 1. The molecule has 16 heavy (non-hydrogen) atoms. The maximum absolute atomic E-state index is 11.2. The number of aldehydes is 1. The number of halogens is 1. The highest BCUT2D eigenvalue weighted by atomic mass is 35.5. The van der Waals surface area contributed by atoms with E-state index < -0.39 is 5.97 Å². The van der Waals surface area contributed by atoms with E-state index in [4.69, 9.17) is 16.0 Å². The van der Waals surface area contributed by atoms with Crippen molar-refractivity contribution < 1.29 is 18.7 Å². The highest BCUT2D eigenvalue weighted by molar-refractivity contribution is 6.33. The third-order valence-electron chi connectivity index (χ3n) is 2.15. The van der Waals surface area contributed by atoms with Gasteiger partial charge in [0.2, 0.25) is 5.76 Å². The van der Waals surface area contributed by atoms with Gasteiger partial charge >= 0.3 is 5.97 Å². The second-order valence-electron chi connectivity index (χ2n) is 3.13. The van der Waals surface area contributed by atoms with Crippen molar-refractivity contribution in [2.24, 2.45) is 0 Å². The highest BCUT2D eigenvalue weighted by Crippen LogP contribution is 2.26. The molecule has 0 spiro atoms. The minimum Gasteiger partial charge on any atom is -0.463 e. The summed E-state index contributed by atoms with van der Waals surface area (Å²) in [5.41, 5.74) is 0.794. The summed E-state index contributed by atoms with van der Waals surface area (Å²) in [6, 6.07) is 4.55. The van der Waals surface area contributed by atoms with Crippen LogP contribution in [-0.4, -0.2) is 19.4 Å². The van der Waals surface area contributed by atoms with E-state index in [2.05, 4.69) is 4.74 Å². The van der Waals surface area contributed by atoms with Crippen LogP contribution in [0.2, 0.25) is 5.02 Å². The lowest BCUT2D eigenvalue weighted by Crippen LogP contribution is -1.97. The number of ether oxygens (including phenoxy) is 1. The number of benzene rings is 1. The van der Waals surface area contributed by atoms with Gasteiger partial charge in [-0.05, 0) is 12.1 Å². The fraction of sp³-hybridized carbons (Fsp3) is 0.0909. The molecule has 0 saturated heterocycles. The summed E-state index contributed by atoms with van der Waals surface area (Å²) in [4.78, 5) is 21.9. The Bertz CT molecular complexity index is 571. The van der Waals surface area contributed by atoms with Crippen LogP contribution in [0.5, 0.6) is 0 Å². The fourth-order valence-corrected chi connectivity index (χ4v) is 1.57. The number of esters is 1. The van der Waals surface area contributed by atoms with Crippen LogP contribution in [0.4, 0.5) is 0 Å². The summed E-state index contributed by atoms with van der Waals surface area (Å²) >= 11 is 5.82. The molecule has 0 N–H and O–H groups in total. The van der Waals surface area contributed by atoms with Crippen molar-refractivity contribution >= 4 is 34.8 Å². The van der Waals surface area contributed by atoms with Gasteiger partial charge < -0.3 is 9.15 Å². The van der Waals surface area contributed by atoms with Gasteiger partial charge in [-0.3, -0.25) is 4.79 Å². The zero-order valence-corrected chi connectivity index (χ0v) is 9.08. The molecule has 0 unspecified atom stereocenters. The number of hydrogen-bond donors (Lipinski definition) is 0. The Morgan fingerprint density at radius 2 is 2.19 bits per heavy atom. The standard InChI is InChI=1S/C11H7ClO4/c1-15-11(14)10-3-6-2-7(5-13)8(12)4-9(6)16-10/h2-5H,1H3. The van der Waals surface area contributed by atoms with E-state index in [1.54, 1.807) is 6.07 Å². The molecule has 1 heterocycles. The number of rotatable bonds is 2. The molecule has 2 rings (SSSR count). The van der Waals surface area contributed by atoms with Crippen molar-refractivity contribution in [1.82, 2.24) is 0 Å². The summed E-state index contributed by atoms with van der Waals surface area (Å²) in [5.74, 6) is -0.489. The van der Waals surface area contributed by atoms with Gasteiger partial charge in [-0.2, -0.15) is 0 Å².